The van der Waals surface area contributed by atoms with E-state index in [1.54, 1.807) is 24.3 Å². The Morgan fingerprint density at radius 3 is 2.46 bits per heavy atom. The topological polar surface area (TPSA) is 88.2 Å². The lowest BCUT2D eigenvalue weighted by molar-refractivity contribution is -0.116. The fourth-order valence-corrected chi connectivity index (χ4v) is 3.97. The Morgan fingerprint density at radius 1 is 1.07 bits per heavy atom. The fraction of sp³-hybridized carbons (Fsp3) is 0.200. The molecule has 2 aromatic carbocycles. The first-order chi connectivity index (χ1) is 13.4. The maximum absolute atomic E-state index is 12.1. The molecular formula is C20H21N3O3S2. The number of aromatic nitrogens is 1. The molecule has 1 heterocycles. The maximum atomic E-state index is 12.1. The highest BCUT2D eigenvalue weighted by atomic mass is 32.2. The molecule has 0 atom stereocenters. The summed E-state index contributed by atoms with van der Waals surface area (Å²) in [7, 11) is -3.30. The van der Waals surface area contributed by atoms with Gasteiger partial charge in [-0.25, -0.2) is 13.4 Å². The zero-order chi connectivity index (χ0) is 20.0. The number of nitrogens with zero attached hydrogens (tertiary/aromatic N) is 1. The van der Waals surface area contributed by atoms with Gasteiger partial charge in [-0.05, 0) is 30.5 Å². The van der Waals surface area contributed by atoms with Crippen LogP contribution in [0, 0.1) is 0 Å². The van der Waals surface area contributed by atoms with Gasteiger partial charge in [0.15, 0.2) is 5.13 Å². The highest BCUT2D eigenvalue weighted by Crippen LogP contribution is 2.26. The molecule has 6 nitrogen and oxygen atoms in total. The van der Waals surface area contributed by atoms with Crippen molar-refractivity contribution in [1.82, 2.24) is 4.98 Å². The van der Waals surface area contributed by atoms with Gasteiger partial charge in [0.25, 0.3) is 0 Å². The van der Waals surface area contributed by atoms with Crippen LogP contribution in [0.15, 0.2) is 60.0 Å². The minimum atomic E-state index is -3.30. The molecule has 1 aromatic heterocycles. The summed E-state index contributed by atoms with van der Waals surface area (Å²) in [5, 5.41) is 5.25. The molecule has 28 heavy (non-hydrogen) atoms. The molecule has 0 unspecified atom stereocenters. The van der Waals surface area contributed by atoms with E-state index in [0.29, 0.717) is 17.2 Å². The van der Waals surface area contributed by atoms with E-state index >= 15 is 0 Å². The predicted octanol–water partition coefficient (Wildman–Crippen LogP) is 4.14. The monoisotopic (exact) mass is 415 g/mol. The Morgan fingerprint density at radius 2 is 1.79 bits per heavy atom. The molecule has 3 aromatic rings. The first-order valence-corrected chi connectivity index (χ1v) is 11.5. The standard InChI is InChI=1S/C20H21N3O3S2/c1-28(25,26)23-17-12-10-16(11-13-17)18-14-27-20(21-18)22-19(24)9-5-8-15-6-3-2-4-7-15/h2-4,6-7,10-14,23H,5,8-9H2,1H3,(H,21,22,24). The number of anilines is 2. The minimum absolute atomic E-state index is 0.0514. The average Bonchev–Trinajstić information content (AvgIpc) is 3.10. The number of sulfonamides is 1. The van der Waals surface area contributed by atoms with E-state index in [0.717, 1.165) is 30.4 Å². The van der Waals surface area contributed by atoms with E-state index in [1.165, 1.54) is 16.9 Å². The number of thiazole rings is 1. The van der Waals surface area contributed by atoms with E-state index in [-0.39, 0.29) is 5.91 Å². The molecule has 0 bridgehead atoms. The molecule has 0 spiro atoms. The molecule has 146 valence electrons. The molecule has 8 heteroatoms. The fourth-order valence-electron chi connectivity index (χ4n) is 2.67. The van der Waals surface area contributed by atoms with E-state index in [4.69, 9.17) is 0 Å². The summed E-state index contributed by atoms with van der Waals surface area (Å²) in [5.41, 5.74) is 3.30. The number of benzene rings is 2. The van der Waals surface area contributed by atoms with Gasteiger partial charge in [0.05, 0.1) is 11.9 Å². The van der Waals surface area contributed by atoms with Gasteiger partial charge in [-0.3, -0.25) is 9.52 Å². The summed E-state index contributed by atoms with van der Waals surface area (Å²) in [6.07, 6.45) is 3.19. The van der Waals surface area contributed by atoms with Crippen LogP contribution in [0.1, 0.15) is 18.4 Å². The number of carbonyl (C=O) groups excluding carboxylic acids is 1. The van der Waals surface area contributed by atoms with Crippen LogP contribution in [0.25, 0.3) is 11.3 Å². The van der Waals surface area contributed by atoms with Crippen LogP contribution in [0.5, 0.6) is 0 Å². The van der Waals surface area contributed by atoms with Gasteiger partial charge in [0.2, 0.25) is 15.9 Å². The van der Waals surface area contributed by atoms with E-state index in [9.17, 15) is 13.2 Å². The summed E-state index contributed by atoms with van der Waals surface area (Å²) in [5.74, 6) is -0.0514. The van der Waals surface area contributed by atoms with Crippen molar-refractivity contribution in [2.75, 3.05) is 16.3 Å². The summed E-state index contributed by atoms with van der Waals surface area (Å²) in [6, 6.07) is 17.0. The van der Waals surface area contributed by atoms with Crippen molar-refractivity contribution in [3.63, 3.8) is 0 Å². The van der Waals surface area contributed by atoms with Crippen molar-refractivity contribution in [1.29, 1.82) is 0 Å². The first kappa shape index (κ1) is 20.0. The van der Waals surface area contributed by atoms with Crippen LogP contribution >= 0.6 is 11.3 Å². The molecule has 2 N–H and O–H groups in total. The minimum Gasteiger partial charge on any atom is -0.302 e. The first-order valence-electron chi connectivity index (χ1n) is 8.76. The maximum Gasteiger partial charge on any atom is 0.229 e. The lowest BCUT2D eigenvalue weighted by Gasteiger charge is -2.04. The number of aryl methyl sites for hydroxylation is 1. The van der Waals surface area contributed by atoms with Crippen molar-refractivity contribution < 1.29 is 13.2 Å². The third kappa shape index (κ3) is 6.17. The van der Waals surface area contributed by atoms with Crippen molar-refractivity contribution in [3.05, 3.63) is 65.5 Å². The van der Waals surface area contributed by atoms with Crippen LogP contribution < -0.4 is 10.0 Å². The van der Waals surface area contributed by atoms with Gasteiger partial charge in [-0.15, -0.1) is 11.3 Å². The lowest BCUT2D eigenvalue weighted by atomic mass is 10.1. The third-order valence-electron chi connectivity index (χ3n) is 3.95. The number of amides is 1. The Bertz CT molecular complexity index is 1030. The molecule has 0 fully saturated rings. The average molecular weight is 416 g/mol. The summed E-state index contributed by atoms with van der Waals surface area (Å²) < 4.78 is 24.9. The van der Waals surface area contributed by atoms with Crippen molar-refractivity contribution in [3.8, 4) is 11.3 Å². The van der Waals surface area contributed by atoms with Crippen molar-refractivity contribution >= 4 is 38.1 Å². The largest absolute Gasteiger partial charge is 0.302 e. The smallest absolute Gasteiger partial charge is 0.229 e. The van der Waals surface area contributed by atoms with Crippen LogP contribution in [-0.2, 0) is 21.2 Å². The van der Waals surface area contributed by atoms with Crippen LogP contribution in [0.2, 0.25) is 0 Å². The predicted molar refractivity (Wildman–Crippen MR) is 114 cm³/mol. The summed E-state index contributed by atoms with van der Waals surface area (Å²) in [6.45, 7) is 0. The van der Waals surface area contributed by atoms with Crippen molar-refractivity contribution in [2.45, 2.75) is 19.3 Å². The van der Waals surface area contributed by atoms with Crippen LogP contribution in [0.4, 0.5) is 10.8 Å². The van der Waals surface area contributed by atoms with Gasteiger partial charge in [0, 0.05) is 23.1 Å². The van der Waals surface area contributed by atoms with E-state index in [2.05, 4.69) is 27.2 Å². The molecule has 0 aliphatic carbocycles. The Hall–Kier alpha value is -2.71. The molecule has 0 radical (unpaired) electrons. The van der Waals surface area contributed by atoms with Gasteiger partial charge >= 0.3 is 0 Å². The Kier molecular flexibility index (Phi) is 6.43. The molecule has 0 saturated heterocycles. The zero-order valence-electron chi connectivity index (χ0n) is 15.4. The summed E-state index contributed by atoms with van der Waals surface area (Å²) in [4.78, 5) is 16.6. The molecule has 0 aliphatic rings. The van der Waals surface area contributed by atoms with Crippen LogP contribution in [-0.4, -0.2) is 25.6 Å². The SMILES string of the molecule is CS(=O)(=O)Nc1ccc(-c2csc(NC(=O)CCCc3ccccc3)n2)cc1. The second kappa shape index (κ2) is 8.99. The zero-order valence-corrected chi connectivity index (χ0v) is 17.0. The molecule has 0 aliphatic heterocycles. The van der Waals surface area contributed by atoms with E-state index < -0.39 is 10.0 Å². The third-order valence-corrected chi connectivity index (χ3v) is 5.31. The molecular weight excluding hydrogens is 394 g/mol. The lowest BCUT2D eigenvalue weighted by Crippen LogP contribution is -2.11. The number of hydrogen-bond acceptors (Lipinski definition) is 5. The Balaban J connectivity index is 1.52. The molecule has 3 rings (SSSR count). The molecule has 0 saturated carbocycles. The number of carbonyl (C=O) groups is 1. The highest BCUT2D eigenvalue weighted by Gasteiger charge is 2.09. The quantitative estimate of drug-likeness (QED) is 0.579. The summed E-state index contributed by atoms with van der Waals surface area (Å²) >= 11 is 1.36. The second-order valence-corrected chi connectivity index (χ2v) is 8.98. The van der Waals surface area contributed by atoms with Crippen molar-refractivity contribution in [2.24, 2.45) is 0 Å². The van der Waals surface area contributed by atoms with Gasteiger partial charge < -0.3 is 5.32 Å². The number of nitrogens with one attached hydrogen (secondary N) is 2. The van der Waals surface area contributed by atoms with E-state index in [1.807, 2.05) is 23.6 Å². The number of rotatable bonds is 8. The number of hydrogen-bond donors (Lipinski definition) is 2. The van der Waals surface area contributed by atoms with Crippen LogP contribution in [0.3, 0.4) is 0 Å². The normalized spacial score (nSPS) is 11.2. The van der Waals surface area contributed by atoms with Gasteiger partial charge in [-0.2, -0.15) is 0 Å². The second-order valence-electron chi connectivity index (χ2n) is 6.38. The molecule has 1 amide bonds. The Labute approximate surface area is 168 Å². The highest BCUT2D eigenvalue weighted by molar-refractivity contribution is 7.92. The van der Waals surface area contributed by atoms with Gasteiger partial charge in [0.1, 0.15) is 0 Å². The van der Waals surface area contributed by atoms with Gasteiger partial charge in [-0.1, -0.05) is 42.5 Å².